The molecule has 5 nitrogen and oxygen atoms in total. The lowest BCUT2D eigenvalue weighted by Crippen LogP contribution is -2.00. The second kappa shape index (κ2) is 6.96. The van der Waals surface area contributed by atoms with Crippen LogP contribution in [0.25, 0.3) is 28.5 Å². The van der Waals surface area contributed by atoms with Crippen molar-refractivity contribution < 1.29 is 4.74 Å². The molecule has 1 aromatic heterocycles. The predicted molar refractivity (Wildman–Crippen MR) is 108 cm³/mol. The van der Waals surface area contributed by atoms with Crippen LogP contribution in [0.4, 0.5) is 5.69 Å². The number of rotatable bonds is 4. The number of aromatic nitrogens is 3. The first-order valence-corrected chi connectivity index (χ1v) is 8.68. The van der Waals surface area contributed by atoms with Gasteiger partial charge >= 0.3 is 0 Å². The molecule has 4 aromatic rings. The third kappa shape index (κ3) is 3.27. The number of hydrogen-bond acceptors (Lipinski definition) is 4. The molecule has 27 heavy (non-hydrogen) atoms. The number of benzene rings is 3. The zero-order valence-electron chi connectivity index (χ0n) is 15.3. The second-order valence-electron chi connectivity index (χ2n) is 6.37. The summed E-state index contributed by atoms with van der Waals surface area (Å²) in [5.41, 5.74) is 10.7. The maximum Gasteiger partial charge on any atom is 0.168 e. The Morgan fingerprint density at radius 1 is 0.741 bits per heavy atom. The number of methoxy groups -OCH3 is 1. The molecule has 0 fully saturated rings. The van der Waals surface area contributed by atoms with E-state index in [1.54, 1.807) is 7.11 Å². The molecule has 5 heteroatoms. The largest absolute Gasteiger partial charge is 0.497 e. The van der Waals surface area contributed by atoms with Crippen molar-refractivity contribution in [1.29, 1.82) is 0 Å². The second-order valence-corrected chi connectivity index (χ2v) is 6.37. The Morgan fingerprint density at radius 2 is 1.26 bits per heavy atom. The summed E-state index contributed by atoms with van der Waals surface area (Å²) < 4.78 is 7.34. The highest BCUT2D eigenvalue weighted by atomic mass is 16.5. The van der Waals surface area contributed by atoms with Gasteiger partial charge < -0.3 is 10.5 Å². The van der Waals surface area contributed by atoms with Crippen molar-refractivity contribution in [2.75, 3.05) is 12.8 Å². The summed E-state index contributed by atoms with van der Waals surface area (Å²) in [6, 6.07) is 23.8. The third-order valence-corrected chi connectivity index (χ3v) is 4.47. The number of anilines is 1. The molecule has 2 N–H and O–H groups in total. The molecule has 0 bridgehead atoms. The van der Waals surface area contributed by atoms with Gasteiger partial charge in [0.2, 0.25) is 0 Å². The van der Waals surface area contributed by atoms with Crippen LogP contribution in [-0.4, -0.2) is 21.9 Å². The normalized spacial score (nSPS) is 10.7. The van der Waals surface area contributed by atoms with Crippen LogP contribution in [0.3, 0.4) is 0 Å². The minimum absolute atomic E-state index is 0.716. The first-order valence-electron chi connectivity index (χ1n) is 8.68. The first kappa shape index (κ1) is 16.8. The predicted octanol–water partition coefficient (Wildman–Crippen LogP) is 4.50. The third-order valence-electron chi connectivity index (χ3n) is 4.47. The summed E-state index contributed by atoms with van der Waals surface area (Å²) in [5.74, 6) is 2.35. The number of nitrogens with zero attached hydrogens (tertiary/aromatic N) is 3. The monoisotopic (exact) mass is 356 g/mol. The van der Waals surface area contributed by atoms with Crippen LogP contribution in [-0.2, 0) is 0 Å². The fourth-order valence-corrected chi connectivity index (χ4v) is 2.97. The highest BCUT2D eigenvalue weighted by molar-refractivity contribution is 5.68. The maximum atomic E-state index is 5.84. The van der Waals surface area contributed by atoms with Crippen LogP contribution in [0.2, 0.25) is 0 Å². The molecule has 0 aliphatic carbocycles. The van der Waals surface area contributed by atoms with E-state index in [-0.39, 0.29) is 0 Å². The molecule has 134 valence electrons. The van der Waals surface area contributed by atoms with Crippen LogP contribution in [0.5, 0.6) is 5.75 Å². The van der Waals surface area contributed by atoms with E-state index in [9.17, 15) is 0 Å². The lowest BCUT2D eigenvalue weighted by Gasteiger charge is -2.12. The van der Waals surface area contributed by atoms with E-state index in [1.807, 2.05) is 48.5 Å². The van der Waals surface area contributed by atoms with E-state index in [2.05, 4.69) is 46.0 Å². The molecule has 0 unspecified atom stereocenters. The molecular weight excluding hydrogens is 336 g/mol. The zero-order valence-corrected chi connectivity index (χ0v) is 15.3. The van der Waals surface area contributed by atoms with Gasteiger partial charge in [0.05, 0.1) is 7.11 Å². The highest BCUT2D eigenvalue weighted by Gasteiger charge is 2.17. The molecule has 0 amide bonds. The van der Waals surface area contributed by atoms with Crippen molar-refractivity contribution in [3.05, 3.63) is 78.4 Å². The molecule has 0 radical (unpaired) electrons. The van der Waals surface area contributed by atoms with Gasteiger partial charge in [-0.2, -0.15) is 0 Å². The average Bonchev–Trinajstić information content (AvgIpc) is 3.14. The standard InChI is InChI=1S/C22H20N4O/c1-15-3-5-16(6-4-15)21-24-25-22(17-7-9-18(23)10-8-17)26(21)19-11-13-20(27-2)14-12-19/h3-14H,23H2,1-2H3. The molecule has 0 aliphatic rings. The van der Waals surface area contributed by atoms with E-state index in [0.717, 1.165) is 34.2 Å². The Balaban J connectivity index is 1.91. The van der Waals surface area contributed by atoms with Crippen LogP contribution in [0, 0.1) is 6.92 Å². The fourth-order valence-electron chi connectivity index (χ4n) is 2.97. The van der Waals surface area contributed by atoms with Crippen molar-refractivity contribution in [2.45, 2.75) is 6.92 Å². The fraction of sp³-hybridized carbons (Fsp3) is 0.0909. The van der Waals surface area contributed by atoms with Gasteiger partial charge in [0.15, 0.2) is 11.6 Å². The smallest absolute Gasteiger partial charge is 0.168 e. The quantitative estimate of drug-likeness (QED) is 0.547. The maximum absolute atomic E-state index is 5.84. The zero-order chi connectivity index (χ0) is 18.8. The average molecular weight is 356 g/mol. The van der Waals surface area contributed by atoms with E-state index in [1.165, 1.54) is 5.56 Å². The topological polar surface area (TPSA) is 66.0 Å². The van der Waals surface area contributed by atoms with Crippen molar-refractivity contribution in [3.8, 4) is 34.2 Å². The summed E-state index contributed by atoms with van der Waals surface area (Å²) in [7, 11) is 1.66. The Labute approximate surface area is 158 Å². The molecule has 0 spiro atoms. The molecule has 0 saturated heterocycles. The minimum Gasteiger partial charge on any atom is -0.497 e. The van der Waals surface area contributed by atoms with Crippen molar-refractivity contribution >= 4 is 5.69 Å². The van der Waals surface area contributed by atoms with Crippen molar-refractivity contribution in [3.63, 3.8) is 0 Å². The van der Waals surface area contributed by atoms with Gasteiger partial charge in [-0.25, -0.2) is 0 Å². The van der Waals surface area contributed by atoms with E-state index < -0.39 is 0 Å². The summed E-state index contributed by atoms with van der Waals surface area (Å²) in [6.45, 7) is 2.07. The van der Waals surface area contributed by atoms with E-state index in [4.69, 9.17) is 10.5 Å². The lowest BCUT2D eigenvalue weighted by atomic mass is 10.1. The summed E-state index contributed by atoms with van der Waals surface area (Å²) in [6.07, 6.45) is 0. The Bertz CT molecular complexity index is 986. The molecule has 4 rings (SSSR count). The molecule has 0 saturated carbocycles. The number of ether oxygens (including phenoxy) is 1. The first-order chi connectivity index (χ1) is 13.2. The van der Waals surface area contributed by atoms with Crippen LogP contribution in [0.1, 0.15) is 5.56 Å². The Morgan fingerprint density at radius 3 is 1.78 bits per heavy atom. The van der Waals surface area contributed by atoms with Crippen LogP contribution < -0.4 is 10.5 Å². The number of hydrogen-bond donors (Lipinski definition) is 1. The Hall–Kier alpha value is -3.60. The minimum atomic E-state index is 0.716. The molecule has 0 aliphatic heterocycles. The van der Waals surface area contributed by atoms with E-state index in [0.29, 0.717) is 5.69 Å². The Kier molecular flexibility index (Phi) is 4.34. The summed E-state index contributed by atoms with van der Waals surface area (Å²) in [5, 5.41) is 8.96. The van der Waals surface area contributed by atoms with Crippen molar-refractivity contribution in [2.24, 2.45) is 0 Å². The van der Waals surface area contributed by atoms with Gasteiger partial charge in [-0.15, -0.1) is 10.2 Å². The lowest BCUT2D eigenvalue weighted by molar-refractivity contribution is 0.415. The molecule has 3 aromatic carbocycles. The van der Waals surface area contributed by atoms with Gasteiger partial charge in [-0.05, 0) is 55.5 Å². The summed E-state index contributed by atoms with van der Waals surface area (Å²) in [4.78, 5) is 0. The highest BCUT2D eigenvalue weighted by Crippen LogP contribution is 2.29. The van der Waals surface area contributed by atoms with Crippen molar-refractivity contribution in [1.82, 2.24) is 14.8 Å². The van der Waals surface area contributed by atoms with Gasteiger partial charge in [-0.1, -0.05) is 29.8 Å². The SMILES string of the molecule is COc1ccc(-n2c(-c3ccc(C)cc3)nnc2-c2ccc(N)cc2)cc1. The number of nitrogens with two attached hydrogens (primary N) is 1. The summed E-state index contributed by atoms with van der Waals surface area (Å²) >= 11 is 0. The number of nitrogen functional groups attached to an aromatic ring is 1. The van der Waals surface area contributed by atoms with E-state index >= 15 is 0 Å². The molecular formula is C22H20N4O. The van der Waals surface area contributed by atoms with Gasteiger partial charge in [-0.3, -0.25) is 4.57 Å². The van der Waals surface area contributed by atoms with Gasteiger partial charge in [0.1, 0.15) is 5.75 Å². The van der Waals surface area contributed by atoms with Gasteiger partial charge in [0, 0.05) is 22.5 Å². The van der Waals surface area contributed by atoms with Gasteiger partial charge in [0.25, 0.3) is 0 Å². The molecule has 1 heterocycles. The van der Waals surface area contributed by atoms with Crippen LogP contribution >= 0.6 is 0 Å². The molecule has 0 atom stereocenters. The van der Waals surface area contributed by atoms with Crippen LogP contribution in [0.15, 0.2) is 72.8 Å². The number of aryl methyl sites for hydroxylation is 1.